The van der Waals surface area contributed by atoms with Gasteiger partial charge >= 0.3 is 12.1 Å². The molecule has 0 bridgehead atoms. The fourth-order valence-corrected chi connectivity index (χ4v) is 2.23. The quantitative estimate of drug-likeness (QED) is 0.401. The summed E-state index contributed by atoms with van der Waals surface area (Å²) in [6, 6.07) is -0.611. The van der Waals surface area contributed by atoms with Crippen LogP contribution in [0.25, 0.3) is 0 Å². The van der Waals surface area contributed by atoms with Crippen molar-refractivity contribution in [2.24, 2.45) is 5.92 Å². The molecule has 0 aromatic rings. The number of carbonyl (C=O) groups is 2. The van der Waals surface area contributed by atoms with E-state index in [-0.39, 0.29) is 5.97 Å². The van der Waals surface area contributed by atoms with Crippen molar-refractivity contribution in [2.75, 3.05) is 13.2 Å². The molecule has 0 saturated carbocycles. The largest absolute Gasteiger partial charge is 0.464 e. The van der Waals surface area contributed by atoms with Crippen LogP contribution in [0.4, 0.5) is 4.79 Å². The summed E-state index contributed by atoms with van der Waals surface area (Å²) < 4.78 is 10.5. The summed E-state index contributed by atoms with van der Waals surface area (Å²) in [5.41, 5.74) is 0. The van der Waals surface area contributed by atoms with Crippen molar-refractivity contribution >= 4 is 12.1 Å². The van der Waals surface area contributed by atoms with Gasteiger partial charge in [0.1, 0.15) is 6.04 Å². The first kappa shape index (κ1) is 21.7. The Kier molecular flexibility index (Phi) is 13.6. The number of hydrogen-bond acceptors (Lipinski definition) is 4. The highest BCUT2D eigenvalue weighted by atomic mass is 16.6. The predicted octanol–water partition coefficient (Wildman–Crippen LogP) is 4.44. The number of amides is 1. The summed E-state index contributed by atoms with van der Waals surface area (Å²) in [5, 5.41) is 2.64. The molecule has 0 rings (SSSR count). The number of hydrogen-bond donors (Lipinski definition) is 1. The van der Waals surface area contributed by atoms with Crippen molar-refractivity contribution < 1.29 is 19.1 Å². The first-order valence-electron chi connectivity index (χ1n) is 9.18. The maximum Gasteiger partial charge on any atom is 0.407 e. The van der Waals surface area contributed by atoms with E-state index in [1.165, 1.54) is 0 Å². The van der Waals surface area contributed by atoms with Crippen LogP contribution in [-0.4, -0.2) is 31.3 Å². The molecule has 0 fully saturated rings. The van der Waals surface area contributed by atoms with Gasteiger partial charge in [-0.15, -0.1) is 0 Å². The lowest BCUT2D eigenvalue weighted by Gasteiger charge is -2.19. The van der Waals surface area contributed by atoms with E-state index in [4.69, 9.17) is 9.47 Å². The summed E-state index contributed by atoms with van der Waals surface area (Å²) in [6.45, 7) is 9.08. The lowest BCUT2D eigenvalue weighted by atomic mass is 10.0. The molecule has 23 heavy (non-hydrogen) atoms. The molecule has 0 aromatic heterocycles. The third-order valence-corrected chi connectivity index (χ3v) is 3.89. The third kappa shape index (κ3) is 11.0. The Bertz CT molecular complexity index is 320. The minimum Gasteiger partial charge on any atom is -0.464 e. The normalized spacial score (nSPS) is 13.2. The molecule has 136 valence electrons. The Morgan fingerprint density at radius 3 is 2.17 bits per heavy atom. The molecule has 0 heterocycles. The third-order valence-electron chi connectivity index (χ3n) is 3.89. The number of carbonyl (C=O) groups excluding carboxylic acids is 2. The summed E-state index contributed by atoms with van der Waals surface area (Å²) in [7, 11) is 0. The molecule has 0 spiro atoms. The Morgan fingerprint density at radius 2 is 1.61 bits per heavy atom. The van der Waals surface area contributed by atoms with E-state index in [2.05, 4.69) is 19.2 Å². The van der Waals surface area contributed by atoms with Crippen LogP contribution in [0.3, 0.4) is 0 Å². The van der Waals surface area contributed by atoms with Crippen LogP contribution >= 0.6 is 0 Å². The fraction of sp³-hybridized carbons (Fsp3) is 0.889. The molecular formula is C18H35NO4. The van der Waals surface area contributed by atoms with E-state index in [0.29, 0.717) is 25.6 Å². The Labute approximate surface area is 141 Å². The number of nitrogens with one attached hydrogen (secondary N) is 1. The number of alkyl carbamates (subject to hydrolysis) is 1. The van der Waals surface area contributed by atoms with Gasteiger partial charge in [-0.1, -0.05) is 59.8 Å². The number of ether oxygens (including phenoxy) is 2. The molecule has 0 aliphatic rings. The van der Waals surface area contributed by atoms with Crippen LogP contribution in [0.5, 0.6) is 0 Å². The number of rotatable bonds is 13. The molecule has 1 N–H and O–H groups in total. The van der Waals surface area contributed by atoms with Gasteiger partial charge < -0.3 is 14.8 Å². The van der Waals surface area contributed by atoms with Crippen LogP contribution in [-0.2, 0) is 14.3 Å². The Morgan fingerprint density at radius 1 is 0.913 bits per heavy atom. The summed E-state index contributed by atoms with van der Waals surface area (Å²) >= 11 is 0. The van der Waals surface area contributed by atoms with Crippen LogP contribution < -0.4 is 5.32 Å². The minimum absolute atomic E-state index is 0.365. The Balaban J connectivity index is 4.24. The van der Waals surface area contributed by atoms with Crippen molar-refractivity contribution in [1.29, 1.82) is 0 Å². The van der Waals surface area contributed by atoms with E-state index < -0.39 is 12.1 Å². The van der Waals surface area contributed by atoms with Crippen molar-refractivity contribution in [3.8, 4) is 0 Å². The minimum atomic E-state index is -0.611. The molecule has 0 aromatic carbocycles. The molecular weight excluding hydrogens is 294 g/mol. The average molecular weight is 329 g/mol. The van der Waals surface area contributed by atoms with Crippen molar-refractivity contribution in [3.05, 3.63) is 0 Å². The topological polar surface area (TPSA) is 64.6 Å². The van der Waals surface area contributed by atoms with E-state index in [9.17, 15) is 9.59 Å². The molecule has 0 aliphatic heterocycles. The second-order valence-corrected chi connectivity index (χ2v) is 6.02. The first-order valence-corrected chi connectivity index (χ1v) is 9.18. The highest BCUT2D eigenvalue weighted by molar-refractivity contribution is 5.81. The zero-order valence-electron chi connectivity index (χ0n) is 15.4. The first-order chi connectivity index (χ1) is 11.1. The van der Waals surface area contributed by atoms with E-state index in [1.54, 1.807) is 0 Å². The van der Waals surface area contributed by atoms with Crippen LogP contribution in [0, 0.1) is 5.92 Å². The lowest BCUT2D eigenvalue weighted by Crippen LogP contribution is -2.42. The highest BCUT2D eigenvalue weighted by Gasteiger charge is 2.22. The summed E-state index contributed by atoms with van der Waals surface area (Å²) in [4.78, 5) is 23.9. The Hall–Kier alpha value is -1.26. The standard InChI is InChI=1S/C18H35NO4/c1-5-9-12-15(8-4)14-23-18(21)19-16(11-7-3)17(20)22-13-10-6-2/h15-16H,5-14H2,1-4H3,(H,19,21). The van der Waals surface area contributed by atoms with E-state index in [1.807, 2.05) is 13.8 Å². The van der Waals surface area contributed by atoms with Gasteiger partial charge in [0, 0.05) is 0 Å². The highest BCUT2D eigenvalue weighted by Crippen LogP contribution is 2.13. The van der Waals surface area contributed by atoms with Gasteiger partial charge in [0.15, 0.2) is 0 Å². The van der Waals surface area contributed by atoms with Crippen LogP contribution in [0.15, 0.2) is 0 Å². The predicted molar refractivity (Wildman–Crippen MR) is 92.4 cm³/mol. The van der Waals surface area contributed by atoms with Gasteiger partial charge in [0.2, 0.25) is 0 Å². The van der Waals surface area contributed by atoms with Gasteiger partial charge in [0.05, 0.1) is 13.2 Å². The van der Waals surface area contributed by atoms with E-state index >= 15 is 0 Å². The lowest BCUT2D eigenvalue weighted by molar-refractivity contribution is -0.146. The van der Waals surface area contributed by atoms with Crippen molar-refractivity contribution in [1.82, 2.24) is 5.32 Å². The van der Waals surface area contributed by atoms with Gasteiger partial charge in [-0.2, -0.15) is 0 Å². The molecule has 0 aliphatic carbocycles. The molecule has 1 amide bonds. The van der Waals surface area contributed by atoms with Gasteiger partial charge in [-0.3, -0.25) is 0 Å². The molecule has 2 unspecified atom stereocenters. The fourth-order valence-electron chi connectivity index (χ4n) is 2.23. The average Bonchev–Trinajstić information content (AvgIpc) is 2.54. The number of esters is 1. The molecule has 5 nitrogen and oxygen atoms in total. The summed E-state index contributed by atoms with van der Waals surface area (Å²) in [6.07, 6.45) is 6.99. The summed E-state index contributed by atoms with van der Waals surface area (Å²) in [5.74, 6) is 0.0251. The van der Waals surface area contributed by atoms with Gasteiger partial charge in [-0.05, 0) is 25.2 Å². The van der Waals surface area contributed by atoms with Gasteiger partial charge in [-0.25, -0.2) is 9.59 Å². The monoisotopic (exact) mass is 329 g/mol. The zero-order valence-corrected chi connectivity index (χ0v) is 15.4. The zero-order chi connectivity index (χ0) is 17.5. The molecule has 2 atom stereocenters. The maximum absolute atomic E-state index is 12.0. The van der Waals surface area contributed by atoms with Crippen molar-refractivity contribution in [2.45, 2.75) is 85.1 Å². The van der Waals surface area contributed by atoms with E-state index in [0.717, 1.165) is 44.9 Å². The van der Waals surface area contributed by atoms with Gasteiger partial charge in [0.25, 0.3) is 0 Å². The molecule has 5 heteroatoms. The van der Waals surface area contributed by atoms with Crippen LogP contribution in [0.1, 0.15) is 79.1 Å². The smallest absolute Gasteiger partial charge is 0.407 e. The number of unbranched alkanes of at least 4 members (excludes halogenated alkanes) is 2. The molecule has 0 radical (unpaired) electrons. The second-order valence-electron chi connectivity index (χ2n) is 6.02. The van der Waals surface area contributed by atoms with Crippen LogP contribution in [0.2, 0.25) is 0 Å². The SMILES string of the molecule is CCCCOC(=O)C(CCC)NC(=O)OCC(CC)CCCC. The van der Waals surface area contributed by atoms with Crippen molar-refractivity contribution in [3.63, 3.8) is 0 Å². The maximum atomic E-state index is 12.0. The molecule has 0 saturated heterocycles. The second kappa shape index (κ2) is 14.3.